The molecule has 0 spiro atoms. The molecule has 0 aliphatic heterocycles. The van der Waals surface area contributed by atoms with Crippen LogP contribution in [-0.4, -0.2) is 19.6 Å². The van der Waals surface area contributed by atoms with Crippen LogP contribution in [0.3, 0.4) is 0 Å². The molecule has 7 heteroatoms. The molecule has 0 fully saturated rings. The number of halogens is 1. The first-order valence-corrected chi connectivity index (χ1v) is 7.02. The minimum absolute atomic E-state index is 0.0405. The standard InChI is InChI=1S/C13H21ClN6/c1-5-10-13(14)12(20(4)18-10)6-11(17-15)9-7-16-19(3)8(9)2/h7,11,17H,5-6,15H2,1-4H3. The van der Waals surface area contributed by atoms with Crippen LogP contribution >= 0.6 is 11.6 Å². The highest BCUT2D eigenvalue weighted by Gasteiger charge is 2.21. The third-order valence-electron chi connectivity index (χ3n) is 3.75. The number of nitrogens with one attached hydrogen (secondary N) is 1. The summed E-state index contributed by atoms with van der Waals surface area (Å²) < 4.78 is 3.67. The number of aryl methyl sites for hydroxylation is 3. The van der Waals surface area contributed by atoms with E-state index in [0.29, 0.717) is 6.42 Å². The van der Waals surface area contributed by atoms with Crippen LogP contribution in [0.1, 0.15) is 35.6 Å². The highest BCUT2D eigenvalue weighted by molar-refractivity contribution is 6.31. The van der Waals surface area contributed by atoms with E-state index in [9.17, 15) is 0 Å². The zero-order valence-electron chi connectivity index (χ0n) is 12.3. The fraction of sp³-hybridized carbons (Fsp3) is 0.538. The lowest BCUT2D eigenvalue weighted by Gasteiger charge is -2.16. The number of hydrogen-bond acceptors (Lipinski definition) is 4. The van der Waals surface area contributed by atoms with Crippen molar-refractivity contribution in [1.29, 1.82) is 0 Å². The van der Waals surface area contributed by atoms with Gasteiger partial charge in [-0.15, -0.1) is 0 Å². The Hall–Kier alpha value is -1.37. The van der Waals surface area contributed by atoms with Gasteiger partial charge in [0, 0.05) is 31.8 Å². The van der Waals surface area contributed by atoms with E-state index in [1.165, 1.54) is 0 Å². The van der Waals surface area contributed by atoms with Crippen molar-refractivity contribution in [2.24, 2.45) is 19.9 Å². The summed E-state index contributed by atoms with van der Waals surface area (Å²) in [5, 5.41) is 9.42. The summed E-state index contributed by atoms with van der Waals surface area (Å²) in [5.74, 6) is 5.71. The molecule has 0 aliphatic rings. The van der Waals surface area contributed by atoms with Crippen molar-refractivity contribution in [1.82, 2.24) is 25.0 Å². The number of aromatic nitrogens is 4. The number of hydrazine groups is 1. The summed E-state index contributed by atoms with van der Waals surface area (Å²) in [4.78, 5) is 0. The fourth-order valence-electron chi connectivity index (χ4n) is 2.35. The van der Waals surface area contributed by atoms with E-state index in [1.807, 2.05) is 43.5 Å². The molecule has 0 amide bonds. The third-order valence-corrected chi connectivity index (χ3v) is 4.19. The Labute approximate surface area is 123 Å². The molecule has 0 aromatic carbocycles. The highest BCUT2D eigenvalue weighted by Crippen LogP contribution is 2.27. The summed E-state index contributed by atoms with van der Waals surface area (Å²) in [6.07, 6.45) is 3.33. The van der Waals surface area contributed by atoms with Gasteiger partial charge in [0.05, 0.1) is 28.6 Å². The van der Waals surface area contributed by atoms with Gasteiger partial charge in [-0.3, -0.25) is 20.6 Å². The van der Waals surface area contributed by atoms with Crippen molar-refractivity contribution in [3.63, 3.8) is 0 Å². The smallest absolute Gasteiger partial charge is 0.0850 e. The van der Waals surface area contributed by atoms with Gasteiger partial charge in [0.15, 0.2) is 0 Å². The summed E-state index contributed by atoms with van der Waals surface area (Å²) in [7, 11) is 3.82. The Morgan fingerprint density at radius 2 is 2.10 bits per heavy atom. The lowest BCUT2D eigenvalue weighted by molar-refractivity contribution is 0.526. The maximum Gasteiger partial charge on any atom is 0.0850 e. The predicted molar refractivity (Wildman–Crippen MR) is 79.3 cm³/mol. The van der Waals surface area contributed by atoms with Crippen LogP contribution in [0, 0.1) is 6.92 Å². The van der Waals surface area contributed by atoms with E-state index in [1.54, 1.807) is 0 Å². The molecular weight excluding hydrogens is 276 g/mol. The molecule has 2 aromatic rings. The highest BCUT2D eigenvalue weighted by atomic mass is 35.5. The number of rotatable bonds is 5. The second-order valence-electron chi connectivity index (χ2n) is 4.92. The monoisotopic (exact) mass is 296 g/mol. The Morgan fingerprint density at radius 1 is 1.40 bits per heavy atom. The molecule has 2 heterocycles. The average molecular weight is 297 g/mol. The molecule has 0 saturated heterocycles. The van der Waals surface area contributed by atoms with Crippen LogP contribution in [0.5, 0.6) is 0 Å². The number of nitrogens with zero attached hydrogens (tertiary/aromatic N) is 4. The Bertz CT molecular complexity index is 600. The quantitative estimate of drug-likeness (QED) is 0.646. The average Bonchev–Trinajstić information content (AvgIpc) is 2.90. The van der Waals surface area contributed by atoms with Crippen molar-refractivity contribution < 1.29 is 0 Å². The molecule has 1 unspecified atom stereocenters. The first kappa shape index (κ1) is 15.0. The Morgan fingerprint density at radius 3 is 2.55 bits per heavy atom. The summed E-state index contributed by atoms with van der Waals surface area (Å²) in [6, 6.07) is -0.0405. The first-order valence-electron chi connectivity index (χ1n) is 6.64. The van der Waals surface area contributed by atoms with Crippen LogP contribution in [-0.2, 0) is 26.9 Å². The zero-order chi connectivity index (χ0) is 14.9. The summed E-state index contributed by atoms with van der Waals surface area (Å²) >= 11 is 6.39. The second-order valence-corrected chi connectivity index (χ2v) is 5.29. The van der Waals surface area contributed by atoms with Gasteiger partial charge in [-0.05, 0) is 13.3 Å². The van der Waals surface area contributed by atoms with Crippen LogP contribution < -0.4 is 11.3 Å². The molecule has 0 saturated carbocycles. The lowest BCUT2D eigenvalue weighted by atomic mass is 10.0. The Kier molecular flexibility index (Phi) is 4.47. The molecule has 0 radical (unpaired) electrons. The fourth-order valence-corrected chi connectivity index (χ4v) is 2.72. The van der Waals surface area contributed by atoms with E-state index in [-0.39, 0.29) is 6.04 Å². The van der Waals surface area contributed by atoms with E-state index in [0.717, 1.165) is 34.1 Å². The van der Waals surface area contributed by atoms with Gasteiger partial charge in [-0.1, -0.05) is 18.5 Å². The molecule has 1 atom stereocenters. The minimum Gasteiger partial charge on any atom is -0.273 e. The lowest BCUT2D eigenvalue weighted by Crippen LogP contribution is -2.30. The molecular formula is C13H21ClN6. The first-order chi connectivity index (χ1) is 9.49. The van der Waals surface area contributed by atoms with Crippen LogP contribution in [0.15, 0.2) is 6.20 Å². The van der Waals surface area contributed by atoms with Crippen molar-refractivity contribution in [2.45, 2.75) is 32.7 Å². The molecule has 2 rings (SSSR count). The molecule has 0 bridgehead atoms. The van der Waals surface area contributed by atoms with Gasteiger partial charge in [0.25, 0.3) is 0 Å². The van der Waals surface area contributed by atoms with Gasteiger partial charge in [0.1, 0.15) is 0 Å². The predicted octanol–water partition coefficient (Wildman–Crippen LogP) is 1.42. The van der Waals surface area contributed by atoms with Crippen LogP contribution in [0.4, 0.5) is 0 Å². The van der Waals surface area contributed by atoms with E-state index >= 15 is 0 Å². The summed E-state index contributed by atoms with van der Waals surface area (Å²) in [5.41, 5.74) is 6.91. The minimum atomic E-state index is -0.0405. The van der Waals surface area contributed by atoms with Crippen molar-refractivity contribution in [3.8, 4) is 0 Å². The van der Waals surface area contributed by atoms with E-state index in [2.05, 4.69) is 15.6 Å². The normalized spacial score (nSPS) is 12.9. The zero-order valence-corrected chi connectivity index (χ0v) is 13.1. The van der Waals surface area contributed by atoms with Crippen molar-refractivity contribution >= 4 is 11.6 Å². The van der Waals surface area contributed by atoms with Gasteiger partial charge in [0.2, 0.25) is 0 Å². The number of hydrogen-bond donors (Lipinski definition) is 2. The Balaban J connectivity index is 2.32. The maximum atomic E-state index is 6.39. The molecule has 0 aliphatic carbocycles. The van der Waals surface area contributed by atoms with Gasteiger partial charge >= 0.3 is 0 Å². The van der Waals surface area contributed by atoms with E-state index in [4.69, 9.17) is 17.4 Å². The third kappa shape index (κ3) is 2.59. The van der Waals surface area contributed by atoms with Crippen LogP contribution in [0.25, 0.3) is 0 Å². The van der Waals surface area contributed by atoms with E-state index < -0.39 is 0 Å². The van der Waals surface area contributed by atoms with Crippen molar-refractivity contribution in [2.75, 3.05) is 0 Å². The molecule has 110 valence electrons. The topological polar surface area (TPSA) is 73.7 Å². The van der Waals surface area contributed by atoms with Crippen molar-refractivity contribution in [3.05, 3.63) is 33.9 Å². The molecule has 2 aromatic heterocycles. The number of nitrogens with two attached hydrogens (primary N) is 1. The summed E-state index contributed by atoms with van der Waals surface area (Å²) in [6.45, 7) is 4.07. The maximum absolute atomic E-state index is 6.39. The second kappa shape index (κ2) is 5.95. The SMILES string of the molecule is CCc1nn(C)c(CC(NN)c2cnn(C)c2C)c1Cl. The molecule has 3 N–H and O–H groups in total. The van der Waals surface area contributed by atoms with Gasteiger partial charge in [-0.2, -0.15) is 10.2 Å². The molecule has 20 heavy (non-hydrogen) atoms. The molecule has 6 nitrogen and oxygen atoms in total. The largest absolute Gasteiger partial charge is 0.273 e. The van der Waals surface area contributed by atoms with Crippen LogP contribution in [0.2, 0.25) is 5.02 Å². The van der Waals surface area contributed by atoms with Gasteiger partial charge < -0.3 is 0 Å². The van der Waals surface area contributed by atoms with Gasteiger partial charge in [-0.25, -0.2) is 0 Å².